The summed E-state index contributed by atoms with van der Waals surface area (Å²) in [6.07, 6.45) is 1.60. The van der Waals surface area contributed by atoms with Gasteiger partial charge in [0.25, 0.3) is 0 Å². The summed E-state index contributed by atoms with van der Waals surface area (Å²) in [5, 5.41) is 5.77. The zero-order valence-electron chi connectivity index (χ0n) is 8.64. The maximum absolute atomic E-state index is 11.5. The van der Waals surface area contributed by atoms with Crippen LogP contribution in [-0.4, -0.2) is 12.1 Å². The highest BCUT2D eigenvalue weighted by Gasteiger charge is 2.07. The van der Waals surface area contributed by atoms with Gasteiger partial charge in [0.2, 0.25) is 0 Å². The van der Waals surface area contributed by atoms with Crippen molar-refractivity contribution in [3.05, 3.63) is 46.0 Å². The van der Waals surface area contributed by atoms with Gasteiger partial charge < -0.3 is 4.42 Å². The molecular weight excluding hydrogens is 224 g/mol. The van der Waals surface area contributed by atoms with Crippen LogP contribution in [0.5, 0.6) is 0 Å². The Morgan fingerprint density at radius 3 is 3.00 bits per heavy atom. The lowest BCUT2D eigenvalue weighted by Crippen LogP contribution is -2.16. The van der Waals surface area contributed by atoms with Crippen LogP contribution < -0.4 is 5.43 Å². The normalized spacial score (nSPS) is 10.8. The quantitative estimate of drug-likeness (QED) is 0.655. The van der Waals surface area contributed by atoms with E-state index < -0.39 is 0 Å². The van der Waals surface area contributed by atoms with Crippen molar-refractivity contribution in [1.82, 2.24) is 5.43 Å². The topological polar surface area (TPSA) is 54.6 Å². The van der Waals surface area contributed by atoms with Gasteiger partial charge in [0.1, 0.15) is 5.76 Å². The first-order chi connectivity index (χ1) is 7.75. The van der Waals surface area contributed by atoms with Crippen molar-refractivity contribution in [2.75, 3.05) is 0 Å². The van der Waals surface area contributed by atoms with E-state index in [4.69, 9.17) is 4.42 Å². The summed E-state index contributed by atoms with van der Waals surface area (Å²) in [5.74, 6) is 0.620. The zero-order chi connectivity index (χ0) is 11.4. The molecule has 5 heteroatoms. The fraction of sp³-hybridized carbons (Fsp3) is 0.0909. The molecule has 0 aliphatic heterocycles. The van der Waals surface area contributed by atoms with Gasteiger partial charge in [-0.15, -0.1) is 11.3 Å². The minimum Gasteiger partial charge on any atom is -0.456 e. The first-order valence-electron chi connectivity index (χ1n) is 4.69. The summed E-state index contributed by atoms with van der Waals surface area (Å²) in [6, 6.07) is 7.18. The summed E-state index contributed by atoms with van der Waals surface area (Å²) >= 11 is 1.55. The molecule has 0 aliphatic carbocycles. The van der Waals surface area contributed by atoms with Gasteiger partial charge in [-0.25, -0.2) is 5.43 Å². The molecule has 0 unspecified atom stereocenters. The Morgan fingerprint density at radius 2 is 2.38 bits per heavy atom. The monoisotopic (exact) mass is 234 g/mol. The number of nitrogens with zero attached hydrogens (tertiary/aromatic N) is 1. The third-order valence-corrected chi connectivity index (χ3v) is 2.67. The molecule has 2 rings (SSSR count). The fourth-order valence-electron chi connectivity index (χ4n) is 1.13. The minimum atomic E-state index is -0.346. The Hall–Kier alpha value is -1.88. The molecular formula is C11H10N2O2S. The Balaban J connectivity index is 1.94. The fourth-order valence-corrected chi connectivity index (χ4v) is 1.72. The summed E-state index contributed by atoms with van der Waals surface area (Å²) in [6.45, 7) is 1.78. The number of furan rings is 1. The molecule has 0 aliphatic rings. The predicted molar refractivity (Wildman–Crippen MR) is 62.8 cm³/mol. The molecule has 0 radical (unpaired) electrons. The first kappa shape index (κ1) is 10.6. The van der Waals surface area contributed by atoms with Crippen molar-refractivity contribution in [1.29, 1.82) is 0 Å². The van der Waals surface area contributed by atoms with E-state index in [2.05, 4.69) is 10.5 Å². The van der Waals surface area contributed by atoms with Gasteiger partial charge >= 0.3 is 5.91 Å². The van der Waals surface area contributed by atoms with Crippen molar-refractivity contribution in [3.8, 4) is 0 Å². The standard InChI is InChI=1S/C11H10N2O2S/c1-8-4-5-10(15-8)11(14)13-12-7-9-3-2-6-16-9/h2-7H,1H3,(H,13,14)/b12-7+. The molecule has 0 atom stereocenters. The van der Waals surface area contributed by atoms with Crippen molar-refractivity contribution in [3.63, 3.8) is 0 Å². The van der Waals surface area contributed by atoms with Crippen molar-refractivity contribution < 1.29 is 9.21 Å². The summed E-state index contributed by atoms with van der Waals surface area (Å²) in [7, 11) is 0. The molecule has 0 saturated carbocycles. The van der Waals surface area contributed by atoms with Gasteiger partial charge in [-0.3, -0.25) is 4.79 Å². The number of nitrogens with one attached hydrogen (secondary N) is 1. The number of hydrogen-bond acceptors (Lipinski definition) is 4. The van der Waals surface area contributed by atoms with Crippen LogP contribution in [0, 0.1) is 6.92 Å². The average molecular weight is 234 g/mol. The lowest BCUT2D eigenvalue weighted by Gasteiger charge is -1.94. The van der Waals surface area contributed by atoms with E-state index in [9.17, 15) is 4.79 Å². The van der Waals surface area contributed by atoms with Crippen LogP contribution in [0.2, 0.25) is 0 Å². The Labute approximate surface area is 96.6 Å². The van der Waals surface area contributed by atoms with Crippen LogP contribution in [0.15, 0.2) is 39.2 Å². The number of hydrogen-bond donors (Lipinski definition) is 1. The second-order valence-corrected chi connectivity index (χ2v) is 4.10. The van der Waals surface area contributed by atoms with Gasteiger partial charge in [0.05, 0.1) is 6.21 Å². The van der Waals surface area contributed by atoms with Crippen LogP contribution in [0.1, 0.15) is 21.2 Å². The van der Waals surface area contributed by atoms with E-state index in [0.29, 0.717) is 5.76 Å². The highest BCUT2D eigenvalue weighted by molar-refractivity contribution is 7.11. The third kappa shape index (κ3) is 2.58. The Morgan fingerprint density at radius 1 is 1.50 bits per heavy atom. The smallest absolute Gasteiger partial charge is 0.307 e. The molecule has 2 aromatic heterocycles. The maximum Gasteiger partial charge on any atom is 0.307 e. The third-order valence-electron chi connectivity index (χ3n) is 1.87. The summed E-state index contributed by atoms with van der Waals surface area (Å²) in [4.78, 5) is 12.5. The molecule has 1 N–H and O–H groups in total. The number of aryl methyl sites for hydroxylation is 1. The minimum absolute atomic E-state index is 0.265. The highest BCUT2D eigenvalue weighted by atomic mass is 32.1. The van der Waals surface area contributed by atoms with E-state index >= 15 is 0 Å². The van der Waals surface area contributed by atoms with E-state index in [0.717, 1.165) is 4.88 Å². The van der Waals surface area contributed by atoms with Gasteiger partial charge in [0, 0.05) is 4.88 Å². The predicted octanol–water partition coefficient (Wildman–Crippen LogP) is 2.41. The number of thiophene rings is 1. The van der Waals surface area contributed by atoms with Crippen molar-refractivity contribution in [2.45, 2.75) is 6.92 Å². The largest absolute Gasteiger partial charge is 0.456 e. The van der Waals surface area contributed by atoms with Crippen LogP contribution in [0.25, 0.3) is 0 Å². The molecule has 16 heavy (non-hydrogen) atoms. The van der Waals surface area contributed by atoms with Crippen LogP contribution in [0.4, 0.5) is 0 Å². The van der Waals surface area contributed by atoms with Crippen molar-refractivity contribution >= 4 is 23.5 Å². The highest BCUT2D eigenvalue weighted by Crippen LogP contribution is 2.06. The van der Waals surface area contributed by atoms with Crippen molar-refractivity contribution in [2.24, 2.45) is 5.10 Å². The van der Waals surface area contributed by atoms with E-state index in [1.54, 1.807) is 36.6 Å². The molecule has 82 valence electrons. The van der Waals surface area contributed by atoms with E-state index in [1.807, 2.05) is 17.5 Å². The molecule has 0 spiro atoms. The summed E-state index contributed by atoms with van der Waals surface area (Å²) in [5.41, 5.74) is 2.39. The number of amides is 1. The molecule has 4 nitrogen and oxygen atoms in total. The Kier molecular flexibility index (Phi) is 3.16. The van der Waals surface area contributed by atoms with Gasteiger partial charge in [-0.1, -0.05) is 6.07 Å². The maximum atomic E-state index is 11.5. The lowest BCUT2D eigenvalue weighted by atomic mass is 10.4. The number of carbonyl (C=O) groups excluding carboxylic acids is 1. The Bertz CT molecular complexity index is 500. The average Bonchev–Trinajstić information content (AvgIpc) is 2.89. The molecule has 0 bridgehead atoms. The second-order valence-electron chi connectivity index (χ2n) is 3.12. The molecule has 0 fully saturated rings. The lowest BCUT2D eigenvalue weighted by molar-refractivity contribution is 0.0926. The van der Waals surface area contributed by atoms with Crippen LogP contribution in [0.3, 0.4) is 0 Å². The van der Waals surface area contributed by atoms with Gasteiger partial charge in [-0.05, 0) is 30.5 Å². The van der Waals surface area contributed by atoms with Gasteiger partial charge in [0.15, 0.2) is 5.76 Å². The summed E-state index contributed by atoms with van der Waals surface area (Å²) < 4.78 is 5.15. The number of rotatable bonds is 3. The SMILES string of the molecule is Cc1ccc(C(=O)N/N=C/c2cccs2)o1. The van der Waals surface area contributed by atoms with Crippen LogP contribution in [-0.2, 0) is 0 Å². The van der Waals surface area contributed by atoms with E-state index in [1.165, 1.54) is 0 Å². The molecule has 0 aromatic carbocycles. The zero-order valence-corrected chi connectivity index (χ0v) is 9.45. The first-order valence-corrected chi connectivity index (χ1v) is 5.57. The molecule has 0 saturated heterocycles. The molecule has 1 amide bonds. The number of carbonyl (C=O) groups is 1. The second kappa shape index (κ2) is 4.76. The molecule has 2 aromatic rings. The number of hydrazone groups is 1. The van der Waals surface area contributed by atoms with Crippen LogP contribution >= 0.6 is 11.3 Å². The van der Waals surface area contributed by atoms with Gasteiger partial charge in [-0.2, -0.15) is 5.10 Å². The molecule has 2 heterocycles. The van der Waals surface area contributed by atoms with E-state index in [-0.39, 0.29) is 11.7 Å².